The van der Waals surface area contributed by atoms with Gasteiger partial charge in [-0.2, -0.15) is 0 Å². The number of fused-ring (bicyclic) bond motifs is 1. The largest absolute Gasteiger partial charge is 0.480 e. The molecule has 0 aliphatic rings. The van der Waals surface area contributed by atoms with Gasteiger partial charge in [-0.3, -0.25) is 9.59 Å². The van der Waals surface area contributed by atoms with Gasteiger partial charge < -0.3 is 20.3 Å². The molecule has 2 aromatic carbocycles. The van der Waals surface area contributed by atoms with Crippen molar-refractivity contribution < 1.29 is 29.3 Å². The summed E-state index contributed by atoms with van der Waals surface area (Å²) in [5.74, 6) is -2.34. The SMILES string of the molecule is CCCC[C@H](NC(=O)[C@@H](CCC(O)COC(=O)C(C)(C)C)Cc1cccc2ccccc12)C(=O)O. The number of hydrogen-bond acceptors (Lipinski definition) is 5. The van der Waals surface area contributed by atoms with Crippen LogP contribution in [0.1, 0.15) is 65.4 Å². The van der Waals surface area contributed by atoms with Crippen LogP contribution in [0.25, 0.3) is 10.8 Å². The first-order chi connectivity index (χ1) is 16.5. The maximum atomic E-state index is 13.2. The maximum absolute atomic E-state index is 13.2. The van der Waals surface area contributed by atoms with Gasteiger partial charge in [0.15, 0.2) is 0 Å². The van der Waals surface area contributed by atoms with Crippen LogP contribution in [0.3, 0.4) is 0 Å². The van der Waals surface area contributed by atoms with E-state index in [2.05, 4.69) is 5.32 Å². The minimum atomic E-state index is -1.05. The standard InChI is InChI=1S/C28H39NO6/c1-5-6-14-24(26(32)33)29-25(31)21(15-16-22(30)18-35-27(34)28(2,3)4)17-20-12-9-11-19-10-7-8-13-23(19)20/h7-13,21-22,24,30H,5-6,14-18H2,1-4H3,(H,29,31)(H,32,33)/t21-,22?,24-/m0/s1. The van der Waals surface area contributed by atoms with E-state index in [1.807, 2.05) is 49.4 Å². The van der Waals surface area contributed by atoms with Gasteiger partial charge in [-0.1, -0.05) is 62.2 Å². The summed E-state index contributed by atoms with van der Waals surface area (Å²) in [6.45, 7) is 7.04. The quantitative estimate of drug-likeness (QED) is 0.360. The molecular formula is C28H39NO6. The van der Waals surface area contributed by atoms with Gasteiger partial charge in [-0.05, 0) is 62.8 Å². The first-order valence-corrected chi connectivity index (χ1v) is 12.4. The summed E-state index contributed by atoms with van der Waals surface area (Å²) in [7, 11) is 0. The van der Waals surface area contributed by atoms with Crippen molar-refractivity contribution in [1.29, 1.82) is 0 Å². The summed E-state index contributed by atoms with van der Waals surface area (Å²) >= 11 is 0. The molecular weight excluding hydrogens is 446 g/mol. The Morgan fingerprint density at radius 2 is 1.69 bits per heavy atom. The number of hydrogen-bond donors (Lipinski definition) is 3. The van der Waals surface area contributed by atoms with Crippen LogP contribution >= 0.6 is 0 Å². The summed E-state index contributed by atoms with van der Waals surface area (Å²) < 4.78 is 5.21. The van der Waals surface area contributed by atoms with Crippen molar-refractivity contribution in [1.82, 2.24) is 5.32 Å². The van der Waals surface area contributed by atoms with Gasteiger partial charge in [0.05, 0.1) is 11.5 Å². The first kappa shape index (κ1) is 28.3. The average molecular weight is 486 g/mol. The van der Waals surface area contributed by atoms with Crippen LogP contribution in [-0.4, -0.2) is 46.8 Å². The van der Waals surface area contributed by atoms with Crippen LogP contribution in [0.2, 0.25) is 0 Å². The number of carbonyl (C=O) groups excluding carboxylic acids is 2. The third kappa shape index (κ3) is 8.98. The van der Waals surface area contributed by atoms with Crippen molar-refractivity contribution in [3.63, 3.8) is 0 Å². The topological polar surface area (TPSA) is 113 Å². The zero-order valence-electron chi connectivity index (χ0n) is 21.3. The second-order valence-electron chi connectivity index (χ2n) is 10.2. The average Bonchev–Trinajstić information content (AvgIpc) is 2.81. The molecule has 0 aliphatic heterocycles. The van der Waals surface area contributed by atoms with Crippen molar-refractivity contribution >= 4 is 28.6 Å². The van der Waals surface area contributed by atoms with Gasteiger partial charge in [0.1, 0.15) is 12.6 Å². The molecule has 3 N–H and O–H groups in total. The number of ether oxygens (including phenoxy) is 1. The molecule has 0 bridgehead atoms. The summed E-state index contributed by atoms with van der Waals surface area (Å²) in [6, 6.07) is 12.9. The zero-order chi connectivity index (χ0) is 26.0. The van der Waals surface area contributed by atoms with E-state index in [1.165, 1.54) is 0 Å². The smallest absolute Gasteiger partial charge is 0.326 e. The van der Waals surface area contributed by atoms with Crippen LogP contribution in [0.4, 0.5) is 0 Å². The molecule has 0 fully saturated rings. The summed E-state index contributed by atoms with van der Waals surface area (Å²) in [6.07, 6.45) is 1.95. The van der Waals surface area contributed by atoms with Gasteiger partial charge in [0.2, 0.25) is 5.91 Å². The lowest BCUT2D eigenvalue weighted by atomic mass is 9.90. The van der Waals surface area contributed by atoms with Crippen LogP contribution < -0.4 is 5.32 Å². The number of rotatable bonds is 13. The lowest BCUT2D eigenvalue weighted by molar-refractivity contribution is -0.156. The molecule has 2 aromatic rings. The first-order valence-electron chi connectivity index (χ1n) is 12.4. The molecule has 7 nitrogen and oxygen atoms in total. The Balaban J connectivity index is 2.15. The number of carbonyl (C=O) groups is 3. The number of benzene rings is 2. The lowest BCUT2D eigenvalue weighted by Crippen LogP contribution is -2.44. The highest BCUT2D eigenvalue weighted by Gasteiger charge is 2.27. The fourth-order valence-electron chi connectivity index (χ4n) is 3.88. The van der Waals surface area contributed by atoms with E-state index in [0.29, 0.717) is 25.7 Å². The van der Waals surface area contributed by atoms with E-state index >= 15 is 0 Å². The minimum absolute atomic E-state index is 0.146. The summed E-state index contributed by atoms with van der Waals surface area (Å²) in [5.41, 5.74) is 0.318. The molecule has 0 heterocycles. The van der Waals surface area contributed by atoms with Gasteiger partial charge in [-0.15, -0.1) is 0 Å². The van der Waals surface area contributed by atoms with Crippen molar-refractivity contribution in [2.45, 2.75) is 78.4 Å². The molecule has 1 unspecified atom stereocenters. The van der Waals surface area contributed by atoms with E-state index in [1.54, 1.807) is 20.8 Å². The number of unbranched alkanes of at least 4 members (excludes halogenated alkanes) is 1. The zero-order valence-corrected chi connectivity index (χ0v) is 21.3. The Labute approximate surface area is 207 Å². The van der Waals surface area contributed by atoms with E-state index in [4.69, 9.17) is 4.74 Å². The third-order valence-electron chi connectivity index (χ3n) is 6.05. The predicted molar refractivity (Wildman–Crippen MR) is 136 cm³/mol. The highest BCUT2D eigenvalue weighted by atomic mass is 16.5. The van der Waals surface area contributed by atoms with Gasteiger partial charge in [0, 0.05) is 5.92 Å². The molecule has 2 rings (SSSR count). The van der Waals surface area contributed by atoms with Gasteiger partial charge >= 0.3 is 11.9 Å². The maximum Gasteiger partial charge on any atom is 0.326 e. The molecule has 0 spiro atoms. The normalized spacial score (nSPS) is 14.2. The predicted octanol–water partition coefficient (Wildman–Crippen LogP) is 4.49. The molecule has 0 aromatic heterocycles. The van der Waals surface area contributed by atoms with E-state index in [9.17, 15) is 24.6 Å². The molecule has 7 heteroatoms. The highest BCUT2D eigenvalue weighted by Crippen LogP contribution is 2.24. The molecule has 0 saturated heterocycles. The number of aliphatic hydroxyl groups is 1. The Morgan fingerprint density at radius 3 is 2.34 bits per heavy atom. The minimum Gasteiger partial charge on any atom is -0.480 e. The number of esters is 1. The van der Waals surface area contributed by atoms with E-state index in [0.717, 1.165) is 22.8 Å². The van der Waals surface area contributed by atoms with Crippen LogP contribution in [0.15, 0.2) is 42.5 Å². The number of carboxylic acid groups (broad SMARTS) is 1. The molecule has 192 valence electrons. The second-order valence-corrected chi connectivity index (χ2v) is 10.2. The lowest BCUT2D eigenvalue weighted by Gasteiger charge is -2.23. The Kier molecular flexibility index (Phi) is 10.7. The summed E-state index contributed by atoms with van der Waals surface area (Å²) in [4.78, 5) is 36.9. The fraction of sp³-hybridized carbons (Fsp3) is 0.536. The third-order valence-corrected chi connectivity index (χ3v) is 6.05. The molecule has 0 aliphatic carbocycles. The second kappa shape index (κ2) is 13.2. The van der Waals surface area contributed by atoms with Crippen molar-refractivity contribution in [3.8, 4) is 0 Å². The fourth-order valence-corrected chi connectivity index (χ4v) is 3.88. The van der Waals surface area contributed by atoms with Gasteiger partial charge in [0.25, 0.3) is 0 Å². The number of nitrogens with one attached hydrogen (secondary N) is 1. The summed E-state index contributed by atoms with van der Waals surface area (Å²) in [5, 5.41) is 24.8. The van der Waals surface area contributed by atoms with Crippen molar-refractivity contribution in [2.75, 3.05) is 6.61 Å². The highest BCUT2D eigenvalue weighted by molar-refractivity contribution is 5.88. The molecule has 3 atom stereocenters. The Bertz CT molecular complexity index is 991. The molecule has 1 amide bonds. The van der Waals surface area contributed by atoms with Gasteiger partial charge in [-0.25, -0.2) is 4.79 Å². The Morgan fingerprint density at radius 1 is 1.00 bits per heavy atom. The Hall–Kier alpha value is -2.93. The monoisotopic (exact) mass is 485 g/mol. The van der Waals surface area contributed by atoms with Crippen LogP contribution in [0.5, 0.6) is 0 Å². The molecule has 0 saturated carbocycles. The van der Waals surface area contributed by atoms with Crippen molar-refractivity contribution in [3.05, 3.63) is 48.0 Å². The molecule has 0 radical (unpaired) electrons. The van der Waals surface area contributed by atoms with E-state index in [-0.39, 0.29) is 18.9 Å². The van der Waals surface area contributed by atoms with Crippen LogP contribution in [-0.2, 0) is 25.5 Å². The number of aliphatic hydroxyl groups excluding tert-OH is 1. The van der Waals surface area contributed by atoms with Crippen molar-refractivity contribution in [2.24, 2.45) is 11.3 Å². The number of aliphatic carboxylic acids is 1. The number of amides is 1. The number of carboxylic acids is 1. The van der Waals surface area contributed by atoms with E-state index < -0.39 is 35.4 Å². The molecule has 35 heavy (non-hydrogen) atoms. The van der Waals surface area contributed by atoms with Crippen LogP contribution in [0, 0.1) is 11.3 Å².